The second-order valence-electron chi connectivity index (χ2n) is 10.4. The number of carbonyl (C=O) groups excluding carboxylic acids is 1. The molecule has 2 aromatic carbocycles. The van der Waals surface area contributed by atoms with Crippen molar-refractivity contribution in [3.05, 3.63) is 78.0 Å². The number of methoxy groups -OCH3 is 2. The summed E-state index contributed by atoms with van der Waals surface area (Å²) < 4.78 is 26.6. The van der Waals surface area contributed by atoms with Gasteiger partial charge in [0.2, 0.25) is 5.91 Å². The molecular weight excluding hydrogens is 471 g/mol. The first kappa shape index (κ1) is 28.5. The first-order valence-corrected chi connectivity index (χ1v) is 12.5. The Morgan fingerprint density at radius 2 is 1.84 bits per heavy atom. The molecule has 0 aliphatic heterocycles. The van der Waals surface area contributed by atoms with E-state index in [0.29, 0.717) is 37.4 Å². The van der Waals surface area contributed by atoms with Gasteiger partial charge in [-0.1, -0.05) is 63.2 Å². The Morgan fingerprint density at radius 1 is 1.11 bits per heavy atom. The molecule has 0 radical (unpaired) electrons. The normalized spacial score (nSPS) is 13.4. The zero-order valence-corrected chi connectivity index (χ0v) is 22.5. The maximum atomic E-state index is 14.1. The number of ether oxygens (including phenoxy) is 2. The van der Waals surface area contributed by atoms with Gasteiger partial charge in [0.25, 0.3) is 0 Å². The van der Waals surface area contributed by atoms with E-state index in [9.17, 15) is 9.18 Å². The molecule has 0 fully saturated rings. The van der Waals surface area contributed by atoms with Crippen LogP contribution in [0.1, 0.15) is 44.6 Å². The lowest BCUT2D eigenvalue weighted by Crippen LogP contribution is -2.46. The van der Waals surface area contributed by atoms with E-state index in [0.717, 1.165) is 11.4 Å². The van der Waals surface area contributed by atoms with Crippen molar-refractivity contribution in [2.75, 3.05) is 34.0 Å². The van der Waals surface area contributed by atoms with E-state index in [4.69, 9.17) is 20.2 Å². The molecule has 0 unspecified atom stereocenters. The minimum Gasteiger partial charge on any atom is -0.383 e. The van der Waals surface area contributed by atoms with Crippen LogP contribution in [0.3, 0.4) is 0 Å². The van der Waals surface area contributed by atoms with Crippen molar-refractivity contribution in [1.29, 1.82) is 0 Å². The zero-order valence-electron chi connectivity index (χ0n) is 22.5. The van der Waals surface area contributed by atoms with E-state index in [2.05, 4.69) is 37.5 Å². The summed E-state index contributed by atoms with van der Waals surface area (Å²) >= 11 is 0. The topological polar surface area (TPSA) is 82.6 Å². The van der Waals surface area contributed by atoms with Crippen LogP contribution in [0, 0.1) is 11.2 Å². The fourth-order valence-electron chi connectivity index (χ4n) is 4.54. The number of aromatic nitrogens is 2. The van der Waals surface area contributed by atoms with Crippen molar-refractivity contribution in [3.63, 3.8) is 0 Å². The van der Waals surface area contributed by atoms with Gasteiger partial charge in [-0.3, -0.25) is 4.79 Å². The highest BCUT2D eigenvalue weighted by Gasteiger charge is 2.38. The fourth-order valence-corrected chi connectivity index (χ4v) is 4.54. The summed E-state index contributed by atoms with van der Waals surface area (Å²) in [6.07, 6.45) is 2.50. The molecule has 0 spiro atoms. The van der Waals surface area contributed by atoms with E-state index in [1.54, 1.807) is 13.2 Å². The third-order valence-corrected chi connectivity index (χ3v) is 6.21. The van der Waals surface area contributed by atoms with E-state index in [1.807, 2.05) is 35.4 Å². The van der Waals surface area contributed by atoms with Gasteiger partial charge in [-0.05, 0) is 29.5 Å². The number of carbonyl (C=O) groups is 1. The average Bonchev–Trinajstić information content (AvgIpc) is 3.24. The first-order chi connectivity index (χ1) is 17.6. The van der Waals surface area contributed by atoms with Crippen LogP contribution in [0.5, 0.6) is 0 Å². The smallest absolute Gasteiger partial charge is 0.249 e. The van der Waals surface area contributed by atoms with Gasteiger partial charge in [0.1, 0.15) is 18.2 Å². The van der Waals surface area contributed by atoms with Crippen LogP contribution in [-0.4, -0.2) is 60.4 Å². The lowest BCUT2D eigenvalue weighted by Gasteiger charge is -2.40. The Bertz CT molecular complexity index is 1140. The Morgan fingerprint density at radius 3 is 2.46 bits per heavy atom. The number of rotatable bonds is 12. The minimum absolute atomic E-state index is 0.0533. The van der Waals surface area contributed by atoms with Crippen molar-refractivity contribution in [1.82, 2.24) is 14.5 Å². The monoisotopic (exact) mass is 510 g/mol. The van der Waals surface area contributed by atoms with Crippen molar-refractivity contribution in [2.24, 2.45) is 11.1 Å². The van der Waals surface area contributed by atoms with E-state index in [-0.39, 0.29) is 29.8 Å². The number of halogens is 1. The first-order valence-electron chi connectivity index (χ1n) is 12.5. The molecule has 1 heterocycles. The van der Waals surface area contributed by atoms with Crippen molar-refractivity contribution < 1.29 is 18.7 Å². The molecule has 1 aromatic heterocycles. The molecule has 0 aliphatic rings. The maximum Gasteiger partial charge on any atom is 0.249 e. The number of hydrogen-bond donors (Lipinski definition) is 1. The Hall–Kier alpha value is -3.07. The van der Waals surface area contributed by atoms with Gasteiger partial charge in [-0.15, -0.1) is 0 Å². The van der Waals surface area contributed by atoms with Gasteiger partial charge in [0.05, 0.1) is 18.3 Å². The predicted octanol–water partition coefficient (Wildman–Crippen LogP) is 4.66. The highest BCUT2D eigenvalue weighted by Crippen LogP contribution is 2.39. The van der Waals surface area contributed by atoms with E-state index in [1.165, 1.54) is 19.2 Å². The molecule has 8 heteroatoms. The molecule has 2 atom stereocenters. The van der Waals surface area contributed by atoms with Crippen LogP contribution in [-0.2, 0) is 20.8 Å². The van der Waals surface area contributed by atoms with Crippen LogP contribution < -0.4 is 5.73 Å². The standard InChI is InChI=1S/C29H39FN4O3/c1-29(2,3)27(34(26(35)20-37-5)15-14-24(31)19-36-4)28-32-25(22-12-9-13-23(30)16-22)18-33(28)17-21-10-7-6-8-11-21/h6-13,16,18,24,27H,14-15,17,19-20,31H2,1-5H3/t24-,27-/m0/s1. The van der Waals surface area contributed by atoms with Crippen LogP contribution >= 0.6 is 0 Å². The molecule has 0 saturated carbocycles. The maximum absolute atomic E-state index is 14.1. The van der Waals surface area contributed by atoms with Crippen LogP contribution in [0.2, 0.25) is 0 Å². The lowest BCUT2D eigenvalue weighted by molar-refractivity contribution is -0.140. The summed E-state index contributed by atoms with van der Waals surface area (Å²) in [5.41, 5.74) is 8.27. The van der Waals surface area contributed by atoms with Crippen LogP contribution in [0.15, 0.2) is 60.8 Å². The second-order valence-corrected chi connectivity index (χ2v) is 10.4. The number of benzene rings is 2. The SMILES string of the molecule is COCC(=O)N(CC[C@H](N)COC)[C@@H](c1nc(-c2cccc(F)c2)cn1Cc1ccccc1)C(C)(C)C. The molecule has 0 bridgehead atoms. The zero-order chi connectivity index (χ0) is 27.0. The molecule has 200 valence electrons. The summed E-state index contributed by atoms with van der Waals surface area (Å²) in [4.78, 5) is 20.2. The van der Waals surface area contributed by atoms with Gasteiger partial charge in [-0.2, -0.15) is 0 Å². The van der Waals surface area contributed by atoms with E-state index < -0.39 is 6.04 Å². The molecule has 3 aromatic rings. The van der Waals surface area contributed by atoms with Crippen molar-refractivity contribution in [3.8, 4) is 11.3 Å². The minimum atomic E-state index is -0.393. The third-order valence-electron chi connectivity index (χ3n) is 6.21. The molecular formula is C29H39FN4O3. The molecule has 7 nitrogen and oxygen atoms in total. The van der Waals surface area contributed by atoms with E-state index >= 15 is 0 Å². The Labute approximate surface area is 219 Å². The summed E-state index contributed by atoms with van der Waals surface area (Å²) in [5, 5.41) is 0. The van der Waals surface area contributed by atoms with Gasteiger partial charge in [0, 0.05) is 45.1 Å². The van der Waals surface area contributed by atoms with Gasteiger partial charge in [-0.25, -0.2) is 9.37 Å². The molecule has 2 N–H and O–H groups in total. The summed E-state index contributed by atoms with van der Waals surface area (Å²) in [6.45, 7) is 7.58. The second kappa shape index (κ2) is 12.9. The quantitative estimate of drug-likeness (QED) is 0.383. The molecule has 0 saturated heterocycles. The summed E-state index contributed by atoms with van der Waals surface area (Å²) in [7, 11) is 3.12. The highest BCUT2D eigenvalue weighted by molar-refractivity contribution is 5.78. The number of nitrogens with two attached hydrogens (primary N) is 1. The van der Waals surface area contributed by atoms with Crippen LogP contribution in [0.4, 0.5) is 4.39 Å². The lowest BCUT2D eigenvalue weighted by atomic mass is 9.84. The van der Waals surface area contributed by atoms with Gasteiger partial charge >= 0.3 is 0 Å². The number of imidazole rings is 1. The predicted molar refractivity (Wildman–Crippen MR) is 143 cm³/mol. The third kappa shape index (κ3) is 7.71. The number of nitrogens with zero attached hydrogens (tertiary/aromatic N) is 3. The Balaban J connectivity index is 2.13. The number of hydrogen-bond acceptors (Lipinski definition) is 5. The van der Waals surface area contributed by atoms with Gasteiger partial charge < -0.3 is 24.7 Å². The Kier molecular flexibility index (Phi) is 9.97. The molecule has 3 rings (SSSR count). The highest BCUT2D eigenvalue weighted by atomic mass is 19.1. The van der Waals surface area contributed by atoms with Gasteiger partial charge in [0.15, 0.2) is 0 Å². The van der Waals surface area contributed by atoms with Crippen LogP contribution in [0.25, 0.3) is 11.3 Å². The summed E-state index contributed by atoms with van der Waals surface area (Å²) in [5.74, 6) is 0.252. The summed E-state index contributed by atoms with van der Waals surface area (Å²) in [6, 6.07) is 15.9. The number of amides is 1. The average molecular weight is 511 g/mol. The molecule has 37 heavy (non-hydrogen) atoms. The van der Waals surface area contributed by atoms with Crippen molar-refractivity contribution >= 4 is 5.91 Å². The fraction of sp³-hybridized carbons (Fsp3) is 0.448. The largest absolute Gasteiger partial charge is 0.383 e. The van der Waals surface area contributed by atoms with Crippen molar-refractivity contribution in [2.45, 2.75) is 45.8 Å². The molecule has 0 aliphatic carbocycles. The molecule has 1 amide bonds.